The molecule has 2 heterocycles. The molecular weight excluding hydrogens is 458 g/mol. The highest BCUT2D eigenvalue weighted by molar-refractivity contribution is 5.92. The number of carbonyl (C=O) groups excluding carboxylic acids is 1. The number of rotatable bonds is 7. The molecule has 1 aromatic heterocycles. The van der Waals surface area contributed by atoms with E-state index in [0.29, 0.717) is 53.8 Å². The Morgan fingerprint density at radius 3 is 2.47 bits per heavy atom. The molecule has 0 radical (unpaired) electrons. The summed E-state index contributed by atoms with van der Waals surface area (Å²) in [5, 5.41) is 6.94. The second-order valence-electron chi connectivity index (χ2n) is 8.62. The summed E-state index contributed by atoms with van der Waals surface area (Å²) >= 11 is 0. The van der Waals surface area contributed by atoms with Gasteiger partial charge in [-0.3, -0.25) is 14.2 Å². The first-order valence-corrected chi connectivity index (χ1v) is 11.7. The van der Waals surface area contributed by atoms with E-state index in [9.17, 15) is 9.59 Å². The lowest BCUT2D eigenvalue weighted by Gasteiger charge is -2.21. The summed E-state index contributed by atoms with van der Waals surface area (Å²) in [7, 11) is 1.56. The van der Waals surface area contributed by atoms with E-state index in [0.717, 1.165) is 16.6 Å². The van der Waals surface area contributed by atoms with E-state index in [2.05, 4.69) is 10.6 Å². The van der Waals surface area contributed by atoms with Crippen molar-refractivity contribution in [1.29, 1.82) is 0 Å². The number of aryl methyl sites for hydroxylation is 1. The zero-order valence-corrected chi connectivity index (χ0v) is 20.2. The van der Waals surface area contributed by atoms with Crippen LogP contribution in [0.3, 0.4) is 0 Å². The second-order valence-corrected chi connectivity index (χ2v) is 8.62. The number of ether oxygens (including phenoxy) is 3. The quantitative estimate of drug-likeness (QED) is 0.405. The van der Waals surface area contributed by atoms with E-state index < -0.39 is 0 Å². The predicted molar refractivity (Wildman–Crippen MR) is 139 cm³/mol. The third kappa shape index (κ3) is 4.98. The van der Waals surface area contributed by atoms with Crippen LogP contribution in [0.15, 0.2) is 71.5 Å². The molecule has 0 saturated carbocycles. The Morgan fingerprint density at radius 2 is 1.72 bits per heavy atom. The number of methoxy groups -OCH3 is 1. The van der Waals surface area contributed by atoms with Crippen LogP contribution in [0.2, 0.25) is 0 Å². The molecule has 0 atom stereocenters. The van der Waals surface area contributed by atoms with Crippen molar-refractivity contribution >= 4 is 28.2 Å². The second kappa shape index (κ2) is 10.0. The molecule has 0 unspecified atom stereocenters. The molecule has 5 rings (SSSR count). The summed E-state index contributed by atoms with van der Waals surface area (Å²) in [4.78, 5) is 26.6. The summed E-state index contributed by atoms with van der Waals surface area (Å²) in [6.45, 7) is 3.06. The van der Waals surface area contributed by atoms with Crippen molar-refractivity contribution < 1.29 is 19.0 Å². The molecule has 0 aliphatic carbocycles. The number of hydrogen-bond donors (Lipinski definition) is 2. The number of nitrogens with zero attached hydrogens (tertiary/aromatic N) is 1. The summed E-state index contributed by atoms with van der Waals surface area (Å²) in [6.07, 6.45) is 0. The standard InChI is InChI=1S/C28H27N3O5/c1-18-6-8-21(9-7-18)29-16-20-12-19-13-25-26(36-11-10-35-25)15-24(19)31(28(20)33)17-27(32)30-22-4-3-5-23(14-22)34-2/h3-9,12-15,29H,10-11,16-17H2,1-2H3,(H,30,32). The Kier molecular flexibility index (Phi) is 6.49. The average Bonchev–Trinajstić information content (AvgIpc) is 2.89. The third-order valence-electron chi connectivity index (χ3n) is 6.02. The van der Waals surface area contributed by atoms with Gasteiger partial charge in [0.2, 0.25) is 5.91 Å². The van der Waals surface area contributed by atoms with Crippen LogP contribution < -0.4 is 30.4 Å². The minimum atomic E-state index is -0.329. The third-order valence-corrected chi connectivity index (χ3v) is 6.02. The van der Waals surface area contributed by atoms with E-state index >= 15 is 0 Å². The molecule has 3 aromatic carbocycles. The number of pyridine rings is 1. The number of fused-ring (bicyclic) bond motifs is 2. The highest BCUT2D eigenvalue weighted by Crippen LogP contribution is 2.34. The Morgan fingerprint density at radius 1 is 0.972 bits per heavy atom. The van der Waals surface area contributed by atoms with Gasteiger partial charge in [0.25, 0.3) is 5.56 Å². The minimum absolute atomic E-state index is 0.162. The monoisotopic (exact) mass is 485 g/mol. The van der Waals surface area contributed by atoms with Crippen molar-refractivity contribution in [3.8, 4) is 17.2 Å². The maximum absolute atomic E-state index is 13.6. The Balaban J connectivity index is 1.49. The van der Waals surface area contributed by atoms with Crippen molar-refractivity contribution in [2.24, 2.45) is 0 Å². The van der Waals surface area contributed by atoms with E-state index in [1.807, 2.05) is 43.3 Å². The van der Waals surface area contributed by atoms with Gasteiger partial charge in [-0.25, -0.2) is 0 Å². The van der Waals surface area contributed by atoms with Crippen LogP contribution >= 0.6 is 0 Å². The number of amides is 1. The van der Waals surface area contributed by atoms with Gasteiger partial charge in [-0.05, 0) is 43.3 Å². The molecule has 1 aliphatic rings. The van der Waals surface area contributed by atoms with E-state index in [1.165, 1.54) is 4.57 Å². The van der Waals surface area contributed by atoms with Crippen LogP contribution in [0, 0.1) is 6.92 Å². The van der Waals surface area contributed by atoms with Crippen molar-refractivity contribution in [3.63, 3.8) is 0 Å². The zero-order chi connectivity index (χ0) is 25.1. The molecule has 2 N–H and O–H groups in total. The summed E-state index contributed by atoms with van der Waals surface area (Å²) < 4.78 is 18.2. The van der Waals surface area contributed by atoms with Gasteiger partial charge in [0.15, 0.2) is 11.5 Å². The summed E-state index contributed by atoms with van der Waals surface area (Å²) in [5.41, 5.74) is 3.54. The lowest BCUT2D eigenvalue weighted by molar-refractivity contribution is -0.116. The van der Waals surface area contributed by atoms with Gasteiger partial charge in [0, 0.05) is 41.0 Å². The maximum Gasteiger partial charge on any atom is 0.256 e. The average molecular weight is 486 g/mol. The van der Waals surface area contributed by atoms with Gasteiger partial charge < -0.3 is 24.8 Å². The molecule has 8 heteroatoms. The topological polar surface area (TPSA) is 90.8 Å². The van der Waals surface area contributed by atoms with E-state index in [4.69, 9.17) is 14.2 Å². The fourth-order valence-corrected chi connectivity index (χ4v) is 4.17. The lowest BCUT2D eigenvalue weighted by atomic mass is 10.1. The van der Waals surface area contributed by atoms with E-state index in [1.54, 1.807) is 37.4 Å². The molecule has 4 aromatic rings. The Labute approximate surface area is 208 Å². The number of aromatic nitrogens is 1. The number of anilines is 2. The minimum Gasteiger partial charge on any atom is -0.497 e. The highest BCUT2D eigenvalue weighted by atomic mass is 16.6. The van der Waals surface area contributed by atoms with Crippen LogP contribution in [-0.4, -0.2) is 30.8 Å². The predicted octanol–water partition coefficient (Wildman–Crippen LogP) is 4.34. The van der Waals surface area contributed by atoms with Gasteiger partial charge in [-0.1, -0.05) is 23.8 Å². The molecule has 0 saturated heterocycles. The maximum atomic E-state index is 13.6. The number of carbonyl (C=O) groups is 1. The molecule has 0 fully saturated rings. The molecule has 0 bridgehead atoms. The molecule has 1 aliphatic heterocycles. The summed E-state index contributed by atoms with van der Waals surface area (Å²) in [5.74, 6) is 1.48. The molecule has 8 nitrogen and oxygen atoms in total. The summed E-state index contributed by atoms with van der Waals surface area (Å²) in [6, 6.07) is 20.5. The number of nitrogens with one attached hydrogen (secondary N) is 2. The zero-order valence-electron chi connectivity index (χ0n) is 20.2. The van der Waals surface area contributed by atoms with Crippen LogP contribution in [-0.2, 0) is 17.9 Å². The Hall–Kier alpha value is -4.46. The fraction of sp³-hybridized carbons (Fsp3) is 0.214. The molecule has 1 amide bonds. The number of hydrogen-bond acceptors (Lipinski definition) is 6. The van der Waals surface area contributed by atoms with Gasteiger partial charge in [-0.15, -0.1) is 0 Å². The Bertz CT molecular complexity index is 1480. The molecular formula is C28H27N3O5. The van der Waals surface area contributed by atoms with Crippen molar-refractivity contribution in [3.05, 3.63) is 88.2 Å². The largest absolute Gasteiger partial charge is 0.497 e. The first-order valence-electron chi connectivity index (χ1n) is 11.7. The fourth-order valence-electron chi connectivity index (χ4n) is 4.17. The van der Waals surface area contributed by atoms with Gasteiger partial charge in [-0.2, -0.15) is 0 Å². The molecule has 0 spiro atoms. The van der Waals surface area contributed by atoms with Crippen molar-refractivity contribution in [1.82, 2.24) is 4.57 Å². The first-order chi connectivity index (χ1) is 17.5. The van der Waals surface area contributed by atoms with Gasteiger partial charge in [0.1, 0.15) is 25.5 Å². The van der Waals surface area contributed by atoms with Crippen LogP contribution in [0.4, 0.5) is 11.4 Å². The van der Waals surface area contributed by atoms with Crippen LogP contribution in [0.5, 0.6) is 17.2 Å². The SMILES string of the molecule is COc1cccc(NC(=O)Cn2c(=O)c(CNc3ccc(C)cc3)cc3cc4c(cc32)OCCO4)c1. The van der Waals surface area contributed by atoms with Crippen molar-refractivity contribution in [2.45, 2.75) is 20.0 Å². The van der Waals surface area contributed by atoms with Crippen LogP contribution in [0.1, 0.15) is 11.1 Å². The van der Waals surface area contributed by atoms with Crippen molar-refractivity contribution in [2.75, 3.05) is 31.0 Å². The normalized spacial score (nSPS) is 12.3. The molecule has 36 heavy (non-hydrogen) atoms. The highest BCUT2D eigenvalue weighted by Gasteiger charge is 2.18. The van der Waals surface area contributed by atoms with Gasteiger partial charge >= 0.3 is 0 Å². The first kappa shape index (κ1) is 23.3. The smallest absolute Gasteiger partial charge is 0.256 e. The van der Waals surface area contributed by atoms with Gasteiger partial charge in [0.05, 0.1) is 12.6 Å². The molecule has 184 valence electrons. The van der Waals surface area contributed by atoms with Crippen LogP contribution in [0.25, 0.3) is 10.9 Å². The lowest BCUT2D eigenvalue weighted by Crippen LogP contribution is -2.31. The number of benzene rings is 3. The van der Waals surface area contributed by atoms with E-state index in [-0.39, 0.29) is 18.0 Å².